The van der Waals surface area contributed by atoms with Gasteiger partial charge in [-0.1, -0.05) is 13.0 Å². The Morgan fingerprint density at radius 2 is 2.38 bits per heavy atom. The largest absolute Gasteiger partial charge is 0.486 e. The first-order valence-corrected chi connectivity index (χ1v) is 7.21. The number of nitrogen functional groups attached to an aromatic ring is 1. The Hall–Kier alpha value is -1.95. The Labute approximate surface area is 125 Å². The highest BCUT2D eigenvalue weighted by Gasteiger charge is 2.27. The molecule has 1 aromatic carbocycles. The van der Waals surface area contributed by atoms with Crippen molar-refractivity contribution in [3.05, 3.63) is 18.2 Å². The third-order valence-corrected chi connectivity index (χ3v) is 3.48. The van der Waals surface area contributed by atoms with Gasteiger partial charge in [-0.2, -0.15) is 0 Å². The number of hydrogen-bond acceptors (Lipinski definition) is 5. The van der Waals surface area contributed by atoms with Crippen molar-refractivity contribution >= 4 is 17.3 Å². The number of nitrogens with two attached hydrogens (primary N) is 1. The Morgan fingerprint density at radius 3 is 3.10 bits per heavy atom. The van der Waals surface area contributed by atoms with Gasteiger partial charge >= 0.3 is 0 Å². The number of carbonyl (C=O) groups excluding carboxylic acids is 1. The number of hydrogen-bond donors (Lipinski definition) is 2. The average molecular weight is 293 g/mol. The van der Waals surface area contributed by atoms with E-state index >= 15 is 0 Å². The number of rotatable bonds is 6. The summed E-state index contributed by atoms with van der Waals surface area (Å²) in [5, 5.41) is 2.83. The number of nitrogens with one attached hydrogen (secondary N) is 1. The van der Waals surface area contributed by atoms with Crippen molar-refractivity contribution in [2.75, 3.05) is 44.0 Å². The summed E-state index contributed by atoms with van der Waals surface area (Å²) < 4.78 is 10.8. The van der Waals surface area contributed by atoms with Crippen LogP contribution >= 0.6 is 0 Å². The third kappa shape index (κ3) is 3.78. The second kappa shape index (κ2) is 7.17. The van der Waals surface area contributed by atoms with Crippen LogP contribution in [-0.2, 0) is 9.53 Å². The molecule has 1 atom stereocenters. The molecule has 0 fully saturated rings. The summed E-state index contributed by atoms with van der Waals surface area (Å²) in [7, 11) is 1.61. The first kappa shape index (κ1) is 15.4. The van der Waals surface area contributed by atoms with E-state index in [1.165, 1.54) is 0 Å². The smallest absolute Gasteiger partial charge is 0.239 e. The molecule has 6 heteroatoms. The van der Waals surface area contributed by atoms with Crippen LogP contribution in [0.5, 0.6) is 5.75 Å². The fraction of sp³-hybridized carbons (Fsp3) is 0.533. The molecule has 6 nitrogen and oxygen atoms in total. The number of benzene rings is 1. The molecule has 0 saturated carbocycles. The molecule has 1 aliphatic heterocycles. The molecule has 0 radical (unpaired) electrons. The highest BCUT2D eigenvalue weighted by atomic mass is 16.5. The second-order valence-electron chi connectivity index (χ2n) is 5.07. The monoisotopic (exact) mass is 293 g/mol. The van der Waals surface area contributed by atoms with Gasteiger partial charge in [0.1, 0.15) is 17.5 Å². The summed E-state index contributed by atoms with van der Waals surface area (Å²) in [6, 6.07) is 5.58. The van der Waals surface area contributed by atoms with Crippen LogP contribution in [0, 0.1) is 0 Å². The predicted molar refractivity (Wildman–Crippen MR) is 82.7 cm³/mol. The van der Waals surface area contributed by atoms with Crippen LogP contribution in [0.2, 0.25) is 0 Å². The molecule has 0 spiro atoms. The Kier molecular flexibility index (Phi) is 5.27. The van der Waals surface area contributed by atoms with Crippen molar-refractivity contribution in [1.82, 2.24) is 5.32 Å². The van der Waals surface area contributed by atoms with E-state index in [-0.39, 0.29) is 18.6 Å². The molecule has 1 heterocycles. The number of carbonyl (C=O) groups is 1. The van der Waals surface area contributed by atoms with E-state index in [9.17, 15) is 4.79 Å². The number of methoxy groups -OCH3 is 1. The van der Waals surface area contributed by atoms with Crippen molar-refractivity contribution in [3.8, 4) is 5.75 Å². The lowest BCUT2D eigenvalue weighted by Crippen LogP contribution is -2.45. The van der Waals surface area contributed by atoms with E-state index in [2.05, 4.69) is 12.2 Å². The zero-order chi connectivity index (χ0) is 15.2. The zero-order valence-electron chi connectivity index (χ0n) is 12.6. The first-order chi connectivity index (χ1) is 10.2. The van der Waals surface area contributed by atoms with E-state index in [1.807, 2.05) is 23.1 Å². The summed E-state index contributed by atoms with van der Waals surface area (Å²) in [6.45, 7) is 4.01. The summed E-state index contributed by atoms with van der Waals surface area (Å²) in [5.74, 6) is 0.704. The topological polar surface area (TPSA) is 76.8 Å². The van der Waals surface area contributed by atoms with E-state index in [0.29, 0.717) is 25.4 Å². The Balaban J connectivity index is 2.10. The standard InChI is InChI=1S/C15H23N3O3/c1-3-11-9-18(10-14(19)17-7-8-20-2)15-12(16)5-4-6-13(15)21-11/h4-6,11H,3,7-10,16H2,1-2H3,(H,17,19). The van der Waals surface area contributed by atoms with Crippen LogP contribution in [0.15, 0.2) is 18.2 Å². The maximum absolute atomic E-state index is 12.0. The zero-order valence-corrected chi connectivity index (χ0v) is 12.6. The predicted octanol–water partition coefficient (Wildman–Crippen LogP) is 1.01. The minimum Gasteiger partial charge on any atom is -0.486 e. The molecule has 3 N–H and O–H groups in total. The van der Waals surface area contributed by atoms with E-state index < -0.39 is 0 Å². The van der Waals surface area contributed by atoms with E-state index in [1.54, 1.807) is 7.11 Å². The van der Waals surface area contributed by atoms with Gasteiger partial charge < -0.3 is 25.4 Å². The Bertz CT molecular complexity index is 493. The number of amides is 1. The van der Waals surface area contributed by atoms with Gasteiger partial charge in [0.25, 0.3) is 0 Å². The van der Waals surface area contributed by atoms with Gasteiger partial charge in [0.15, 0.2) is 0 Å². The van der Waals surface area contributed by atoms with Crippen LogP contribution in [0.25, 0.3) is 0 Å². The molecule has 21 heavy (non-hydrogen) atoms. The SMILES string of the molecule is CCC1CN(CC(=O)NCCOC)c2c(N)cccc2O1. The van der Waals surface area contributed by atoms with Crippen LogP contribution < -0.4 is 20.7 Å². The summed E-state index contributed by atoms with van der Waals surface area (Å²) in [5.41, 5.74) is 7.48. The summed E-state index contributed by atoms with van der Waals surface area (Å²) in [4.78, 5) is 14.0. The fourth-order valence-electron chi connectivity index (χ4n) is 2.40. The van der Waals surface area contributed by atoms with Crippen molar-refractivity contribution in [1.29, 1.82) is 0 Å². The molecule has 1 unspecified atom stereocenters. The fourth-order valence-corrected chi connectivity index (χ4v) is 2.40. The lowest BCUT2D eigenvalue weighted by atomic mass is 10.1. The number of nitrogens with zero attached hydrogens (tertiary/aromatic N) is 1. The minimum atomic E-state index is -0.0435. The molecule has 1 amide bonds. The third-order valence-electron chi connectivity index (χ3n) is 3.48. The molecule has 0 saturated heterocycles. The number of ether oxygens (including phenoxy) is 2. The lowest BCUT2D eigenvalue weighted by molar-refractivity contribution is -0.120. The van der Waals surface area contributed by atoms with Gasteiger partial charge in [-0.05, 0) is 18.6 Å². The van der Waals surface area contributed by atoms with Gasteiger partial charge in [0, 0.05) is 13.7 Å². The summed E-state index contributed by atoms with van der Waals surface area (Å²) >= 11 is 0. The minimum absolute atomic E-state index is 0.0435. The molecule has 1 aromatic rings. The van der Waals surface area contributed by atoms with Crippen molar-refractivity contribution in [2.45, 2.75) is 19.4 Å². The quantitative estimate of drug-likeness (QED) is 0.604. The molecule has 1 aliphatic rings. The molecule has 116 valence electrons. The van der Waals surface area contributed by atoms with Crippen LogP contribution in [0.3, 0.4) is 0 Å². The van der Waals surface area contributed by atoms with E-state index in [4.69, 9.17) is 15.2 Å². The number of anilines is 2. The van der Waals surface area contributed by atoms with Gasteiger partial charge in [-0.15, -0.1) is 0 Å². The number of fused-ring (bicyclic) bond motifs is 1. The molecule has 2 rings (SSSR count). The van der Waals surface area contributed by atoms with Crippen LogP contribution in [0.4, 0.5) is 11.4 Å². The van der Waals surface area contributed by atoms with Crippen LogP contribution in [-0.4, -0.2) is 45.4 Å². The molecule has 0 aliphatic carbocycles. The first-order valence-electron chi connectivity index (χ1n) is 7.21. The van der Waals surface area contributed by atoms with Crippen molar-refractivity contribution in [3.63, 3.8) is 0 Å². The average Bonchev–Trinajstić information content (AvgIpc) is 2.47. The van der Waals surface area contributed by atoms with E-state index in [0.717, 1.165) is 17.9 Å². The molecule has 0 aromatic heterocycles. The van der Waals surface area contributed by atoms with Gasteiger partial charge in [-0.25, -0.2) is 0 Å². The normalized spacial score (nSPS) is 17.0. The van der Waals surface area contributed by atoms with Gasteiger partial charge in [0.2, 0.25) is 5.91 Å². The molecule has 0 bridgehead atoms. The second-order valence-corrected chi connectivity index (χ2v) is 5.07. The lowest BCUT2D eigenvalue weighted by Gasteiger charge is -2.36. The maximum Gasteiger partial charge on any atom is 0.239 e. The van der Waals surface area contributed by atoms with Crippen molar-refractivity contribution in [2.24, 2.45) is 0 Å². The van der Waals surface area contributed by atoms with Crippen LogP contribution in [0.1, 0.15) is 13.3 Å². The molecular weight excluding hydrogens is 270 g/mol. The Morgan fingerprint density at radius 1 is 1.57 bits per heavy atom. The maximum atomic E-state index is 12.0. The van der Waals surface area contributed by atoms with Crippen molar-refractivity contribution < 1.29 is 14.3 Å². The summed E-state index contributed by atoms with van der Waals surface area (Å²) in [6.07, 6.45) is 0.960. The highest BCUT2D eigenvalue weighted by Crippen LogP contribution is 2.38. The number of para-hydroxylation sites is 1. The molecular formula is C15H23N3O3. The highest BCUT2D eigenvalue weighted by molar-refractivity contribution is 5.85. The van der Waals surface area contributed by atoms with Gasteiger partial charge in [-0.3, -0.25) is 4.79 Å². The van der Waals surface area contributed by atoms with Gasteiger partial charge in [0.05, 0.1) is 25.4 Å².